The maximum absolute atomic E-state index is 14.3. The number of hydrogen-bond acceptors (Lipinski definition) is 9. The number of nitrogens with zero attached hydrogens (tertiary/aromatic N) is 2. The number of imidazole rings is 1. The summed E-state index contributed by atoms with van der Waals surface area (Å²) in [5, 5.41) is 61.6. The minimum atomic E-state index is -1.43. The van der Waals surface area contributed by atoms with Crippen molar-refractivity contribution in [1.29, 1.82) is 0 Å². The van der Waals surface area contributed by atoms with Crippen LogP contribution in [0, 0.1) is 69.0 Å². The van der Waals surface area contributed by atoms with Crippen LogP contribution in [0.3, 0.4) is 0 Å². The Morgan fingerprint density at radius 2 is 1.63 bits per heavy atom. The summed E-state index contributed by atoms with van der Waals surface area (Å²) < 4.78 is 2.31. The van der Waals surface area contributed by atoms with Crippen LogP contribution in [0.1, 0.15) is 136 Å². The fraction of sp³-hybridized carbons (Fsp3) is 0.800. The molecular weight excluding hydrogens is 789 g/mol. The molecule has 0 radical (unpaired) electrons. The minimum absolute atomic E-state index is 0.0419. The molecule has 10 heteroatoms. The van der Waals surface area contributed by atoms with Crippen molar-refractivity contribution in [2.24, 2.45) is 69.0 Å². The normalized spacial score (nSPS) is 48.1. The van der Waals surface area contributed by atoms with Crippen LogP contribution in [0.25, 0.3) is 0 Å². The summed E-state index contributed by atoms with van der Waals surface area (Å²) >= 11 is 0. The topological polar surface area (TPSA) is 136 Å². The lowest BCUT2D eigenvalue weighted by atomic mass is 9.43. The van der Waals surface area contributed by atoms with Gasteiger partial charge in [0.05, 0.1) is 36.8 Å². The molecule has 10 aliphatic rings. The summed E-state index contributed by atoms with van der Waals surface area (Å²) in [6, 6.07) is 0.200. The molecule has 11 rings (SSSR count). The number of carbonyl (C=O) groups is 1. The van der Waals surface area contributed by atoms with E-state index in [9.17, 15) is 30.3 Å². The Morgan fingerprint density at radius 1 is 0.867 bits per heavy atom. The molecule has 1 spiro atoms. The highest BCUT2D eigenvalue weighted by Gasteiger charge is 2.73. The van der Waals surface area contributed by atoms with E-state index in [0.29, 0.717) is 48.7 Å². The molecule has 1 aliphatic heterocycles. The van der Waals surface area contributed by atoms with Gasteiger partial charge in [0.1, 0.15) is 0 Å². The lowest BCUT2D eigenvalue weighted by Gasteiger charge is -2.62. The zero-order valence-corrected chi connectivity index (χ0v) is 37.9. The maximum atomic E-state index is 14.3. The van der Waals surface area contributed by atoms with E-state index < -0.39 is 40.7 Å². The van der Waals surface area contributed by atoms with Gasteiger partial charge < -0.3 is 30.1 Å². The first-order chi connectivity index (χ1) is 28.8. The Bertz CT molecular complexity index is 1990. The predicted octanol–water partition coefficient (Wildman–Crippen LogP) is 8.40. The number of hydrogen-bond donors (Lipinski definition) is 5. The molecule has 60 heavy (non-hydrogen) atoms. The van der Waals surface area contributed by atoms with Crippen LogP contribution < -0.4 is 0 Å². The largest absolute Gasteiger partial charge is 0.396 e. The van der Waals surface area contributed by atoms with Crippen molar-refractivity contribution in [3.8, 4) is 0 Å². The van der Waals surface area contributed by atoms with Crippen molar-refractivity contribution in [1.82, 2.24) is 9.55 Å². The fourth-order valence-corrected chi connectivity index (χ4v) is 20.6. The van der Waals surface area contributed by atoms with Crippen LogP contribution in [0.2, 0.25) is 0 Å². The molecule has 0 unspecified atom stereocenters. The highest BCUT2D eigenvalue weighted by molar-refractivity contribution is 8.76. The second-order valence-electron chi connectivity index (χ2n) is 22.9. The number of rotatable bonds is 2. The molecule has 1 aromatic heterocycles. The smallest absolute Gasteiger partial charge is 0.159 e. The molecule has 9 aliphatic carbocycles. The van der Waals surface area contributed by atoms with Gasteiger partial charge in [-0.15, -0.1) is 0 Å². The second-order valence-corrected chi connectivity index (χ2v) is 25.5. The van der Waals surface area contributed by atoms with E-state index in [1.807, 2.05) is 34.1 Å². The maximum Gasteiger partial charge on any atom is 0.159 e. The van der Waals surface area contributed by atoms with E-state index in [1.54, 1.807) is 28.4 Å². The van der Waals surface area contributed by atoms with Gasteiger partial charge >= 0.3 is 0 Å². The molecule has 15 atom stereocenters. The van der Waals surface area contributed by atoms with Crippen molar-refractivity contribution in [3.05, 3.63) is 52.7 Å². The molecule has 8 nitrogen and oxygen atoms in total. The second kappa shape index (κ2) is 14.6. The molecular formula is C50H70N2O6S2. The van der Waals surface area contributed by atoms with Crippen LogP contribution in [-0.2, 0) is 4.79 Å². The number of carbonyl (C=O) groups excluding carboxylic acids is 1. The Kier molecular flexibility index (Phi) is 10.0. The SMILES string of the molecule is CC1(C)C[C@@H](n2ccnc2)CSSC[C@H]2C[C@H]([C@@H]3C[C@@H]4CCCC5=C4[C@H](C1=C1CCCC4(CCCC4)[C@@H]51)[C@H]3O)[C@@]1(CO)CC[C@H]3C(=CC(=O)[C@@H]4C[C@@H](O)[C@@H](O)C[C@@]43C)[C@]21O. The first-order valence-electron chi connectivity index (χ1n) is 24.1. The Labute approximate surface area is 365 Å². The van der Waals surface area contributed by atoms with Crippen molar-refractivity contribution >= 4 is 27.4 Å². The molecule has 7 fully saturated rings. The summed E-state index contributed by atoms with van der Waals surface area (Å²) in [7, 11) is 3.71. The standard InChI is InChI=1S/C50H70N2O6S2/c1-46(2)22-30(52-17-16-51-27-52)25-60-59-24-29-19-35(49(26-53)15-11-34-36(50(29,49)58)20-38(54)37-21-39(55)40(56)23-47(34,37)3)33-18-28-8-6-9-31-41(28)42(45(33)57)44(46)32-10-7-14-48(43(31)32)12-4-5-13-48/h16-17,20,27-30,33-35,37,39-40,42-43,45,53,55-58H,4-15,18-19,21-26H2,1-3H3/t28-,29+,30+,33-,34-,35+,37-,39+,40-,42+,43-,45-,47+,49-,50+/m0/s1. The monoisotopic (exact) mass is 858 g/mol. The number of aliphatic hydroxyl groups excluding tert-OH is 4. The molecule has 0 aromatic carbocycles. The highest BCUT2D eigenvalue weighted by atomic mass is 33.1. The van der Waals surface area contributed by atoms with Gasteiger partial charge in [0.2, 0.25) is 0 Å². The van der Waals surface area contributed by atoms with Crippen molar-refractivity contribution in [2.75, 3.05) is 18.1 Å². The van der Waals surface area contributed by atoms with E-state index in [0.717, 1.165) is 43.4 Å². The van der Waals surface area contributed by atoms with E-state index >= 15 is 0 Å². The van der Waals surface area contributed by atoms with E-state index in [1.165, 1.54) is 44.9 Å². The summed E-state index contributed by atoms with van der Waals surface area (Å²) in [6.45, 7) is 6.93. The third-order valence-electron chi connectivity index (χ3n) is 20.1. The molecule has 5 N–H and O–H groups in total. The van der Waals surface area contributed by atoms with Gasteiger partial charge in [0.15, 0.2) is 5.78 Å². The van der Waals surface area contributed by atoms with E-state index in [-0.39, 0.29) is 59.9 Å². The van der Waals surface area contributed by atoms with Crippen LogP contribution in [0.4, 0.5) is 0 Å². The van der Waals surface area contributed by atoms with Crippen molar-refractivity contribution < 1.29 is 30.3 Å². The number of allylic oxidation sites excluding steroid dienone is 3. The molecule has 6 saturated carbocycles. The van der Waals surface area contributed by atoms with E-state index in [4.69, 9.17) is 0 Å². The third kappa shape index (κ3) is 5.61. The average molecular weight is 859 g/mol. The molecule has 4 bridgehead atoms. The number of ketones is 1. The highest BCUT2D eigenvalue weighted by Crippen LogP contribution is 2.73. The van der Waals surface area contributed by atoms with E-state index in [2.05, 4.69) is 36.5 Å². The minimum Gasteiger partial charge on any atom is -0.396 e. The molecule has 2 heterocycles. The summed E-state index contributed by atoms with van der Waals surface area (Å²) in [5.74, 6) is 1.44. The van der Waals surface area contributed by atoms with Crippen molar-refractivity contribution in [2.45, 2.75) is 160 Å². The molecule has 0 amide bonds. The lowest BCUT2D eigenvalue weighted by Crippen LogP contribution is -2.65. The summed E-state index contributed by atoms with van der Waals surface area (Å²) in [5.41, 5.74) is 4.58. The summed E-state index contributed by atoms with van der Waals surface area (Å²) in [6.07, 6.45) is 22.3. The average Bonchev–Trinajstić information content (AvgIpc) is 3.98. The van der Waals surface area contributed by atoms with Gasteiger partial charge in [-0.3, -0.25) is 4.79 Å². The van der Waals surface area contributed by atoms with Crippen LogP contribution >= 0.6 is 21.6 Å². The van der Waals surface area contributed by atoms with Crippen LogP contribution in [0.5, 0.6) is 0 Å². The summed E-state index contributed by atoms with van der Waals surface area (Å²) in [4.78, 5) is 18.9. The first kappa shape index (κ1) is 41.3. The fourth-order valence-electron chi connectivity index (χ4n) is 17.8. The number of aromatic nitrogens is 2. The number of fused-ring (bicyclic) bond motifs is 14. The number of aliphatic hydroxyl groups is 5. The molecule has 1 aromatic rings. The molecule has 1 saturated heterocycles. The van der Waals surface area contributed by atoms with Gasteiger partial charge in [-0.2, -0.15) is 0 Å². The van der Waals surface area contributed by atoms with Gasteiger partial charge in [0.25, 0.3) is 0 Å². The Balaban J connectivity index is 1.08. The Hall–Kier alpha value is -1.40. The zero-order valence-electron chi connectivity index (χ0n) is 36.2. The van der Waals surface area contributed by atoms with Crippen molar-refractivity contribution in [3.63, 3.8) is 0 Å². The van der Waals surface area contributed by atoms with Crippen LogP contribution in [0.15, 0.2) is 52.7 Å². The van der Waals surface area contributed by atoms with Gasteiger partial charge in [-0.25, -0.2) is 4.98 Å². The van der Waals surface area contributed by atoms with Gasteiger partial charge in [-0.1, -0.05) is 77.5 Å². The van der Waals surface area contributed by atoms with Gasteiger partial charge in [0, 0.05) is 59.0 Å². The molecule has 328 valence electrons. The zero-order chi connectivity index (χ0) is 41.6. The first-order valence-corrected chi connectivity index (χ1v) is 26.6. The predicted molar refractivity (Wildman–Crippen MR) is 237 cm³/mol. The van der Waals surface area contributed by atoms with Gasteiger partial charge in [-0.05, 0) is 148 Å². The Morgan fingerprint density at radius 3 is 2.40 bits per heavy atom. The quantitative estimate of drug-likeness (QED) is 0.147. The van der Waals surface area contributed by atoms with Crippen LogP contribution in [-0.4, -0.2) is 82.9 Å². The third-order valence-corrected chi connectivity index (χ3v) is 22.6. The lowest BCUT2D eigenvalue weighted by molar-refractivity contribution is -0.172.